The number of amides is 1. The van der Waals surface area contributed by atoms with E-state index in [-0.39, 0.29) is 5.91 Å². The van der Waals surface area contributed by atoms with Gasteiger partial charge in [0.15, 0.2) is 10.9 Å². The molecule has 0 bridgehead atoms. The summed E-state index contributed by atoms with van der Waals surface area (Å²) in [5.41, 5.74) is 5.84. The lowest BCUT2D eigenvalue weighted by Crippen LogP contribution is -2.24. The first-order valence-electron chi connectivity index (χ1n) is 10.3. The molecule has 0 unspecified atom stereocenters. The molecule has 0 aliphatic rings. The molecule has 0 spiro atoms. The minimum atomic E-state index is -0.260. The van der Waals surface area contributed by atoms with Crippen molar-refractivity contribution in [1.82, 2.24) is 30.3 Å². The van der Waals surface area contributed by atoms with Crippen LogP contribution in [0.1, 0.15) is 38.7 Å². The molecule has 4 aromatic rings. The van der Waals surface area contributed by atoms with Gasteiger partial charge in [0.05, 0.1) is 11.4 Å². The van der Waals surface area contributed by atoms with Crippen molar-refractivity contribution >= 4 is 17.7 Å². The van der Waals surface area contributed by atoms with Gasteiger partial charge < -0.3 is 5.32 Å². The Morgan fingerprint density at radius 1 is 0.969 bits per heavy atom. The third kappa shape index (κ3) is 5.20. The number of aryl methyl sites for hydroxylation is 3. The Hall–Kier alpha value is -3.52. The van der Waals surface area contributed by atoms with Crippen LogP contribution >= 0.6 is 11.8 Å². The number of nitrogens with one attached hydrogen (secondary N) is 1. The normalized spacial score (nSPS) is 10.8. The summed E-state index contributed by atoms with van der Waals surface area (Å²) in [5.74, 6) is 0.196. The van der Waals surface area contributed by atoms with Crippen LogP contribution in [0, 0.1) is 20.8 Å². The van der Waals surface area contributed by atoms with E-state index in [1.807, 2.05) is 81.4 Å². The zero-order valence-corrected chi connectivity index (χ0v) is 19.1. The molecule has 1 amide bonds. The molecule has 1 N–H and O–H groups in total. The summed E-state index contributed by atoms with van der Waals surface area (Å²) in [4.78, 5) is 22.0. The fourth-order valence-electron chi connectivity index (χ4n) is 3.25. The molecular weight excluding hydrogens is 420 g/mol. The van der Waals surface area contributed by atoms with Crippen molar-refractivity contribution in [3.63, 3.8) is 0 Å². The summed E-state index contributed by atoms with van der Waals surface area (Å²) >= 11 is 1.46. The van der Waals surface area contributed by atoms with Crippen LogP contribution in [-0.4, -0.2) is 30.9 Å². The lowest BCUT2D eigenvalue weighted by Gasteiger charge is -2.09. The van der Waals surface area contributed by atoms with Gasteiger partial charge in [0.1, 0.15) is 0 Å². The minimum absolute atomic E-state index is 0.260. The molecule has 2 heterocycles. The second kappa shape index (κ2) is 9.74. The lowest BCUT2D eigenvalue weighted by atomic mass is 10.2. The topological polar surface area (TPSA) is 85.6 Å². The van der Waals surface area contributed by atoms with E-state index in [9.17, 15) is 4.79 Å². The van der Waals surface area contributed by atoms with Crippen LogP contribution in [0.4, 0.5) is 0 Å². The van der Waals surface area contributed by atoms with Crippen molar-refractivity contribution in [2.75, 3.05) is 0 Å². The summed E-state index contributed by atoms with van der Waals surface area (Å²) in [6.07, 6.45) is 0. The van der Waals surface area contributed by atoms with E-state index in [0.717, 1.165) is 28.2 Å². The van der Waals surface area contributed by atoms with Crippen LogP contribution in [0.25, 0.3) is 5.69 Å². The minimum Gasteiger partial charge on any atom is -0.347 e. The van der Waals surface area contributed by atoms with Crippen molar-refractivity contribution in [3.8, 4) is 5.69 Å². The highest BCUT2D eigenvalue weighted by Crippen LogP contribution is 2.24. The number of hydrogen-bond acceptors (Lipinski definition) is 6. The van der Waals surface area contributed by atoms with Crippen LogP contribution in [0.15, 0.2) is 65.8 Å². The van der Waals surface area contributed by atoms with Gasteiger partial charge in [-0.3, -0.25) is 4.79 Å². The molecular formula is C24H24N6OS. The number of benzene rings is 2. The molecule has 7 nitrogen and oxygen atoms in total. The van der Waals surface area contributed by atoms with Crippen molar-refractivity contribution in [2.24, 2.45) is 0 Å². The van der Waals surface area contributed by atoms with E-state index < -0.39 is 0 Å². The van der Waals surface area contributed by atoms with Crippen LogP contribution in [0.3, 0.4) is 0 Å². The second-order valence-corrected chi connectivity index (χ2v) is 8.46. The van der Waals surface area contributed by atoms with E-state index in [1.165, 1.54) is 11.8 Å². The van der Waals surface area contributed by atoms with Crippen LogP contribution < -0.4 is 5.32 Å². The Morgan fingerprint density at radius 3 is 2.34 bits per heavy atom. The summed E-state index contributed by atoms with van der Waals surface area (Å²) < 4.78 is 1.71. The van der Waals surface area contributed by atoms with Crippen LogP contribution in [-0.2, 0) is 12.3 Å². The smallest absolute Gasteiger partial charge is 0.274 e. The molecule has 162 valence electrons. The average Bonchev–Trinajstić information content (AvgIpc) is 3.20. The highest BCUT2D eigenvalue weighted by atomic mass is 32.2. The van der Waals surface area contributed by atoms with E-state index in [0.29, 0.717) is 28.8 Å². The fraction of sp³-hybridized carbons (Fsp3) is 0.208. The maximum atomic E-state index is 13.0. The van der Waals surface area contributed by atoms with E-state index >= 15 is 0 Å². The van der Waals surface area contributed by atoms with Crippen molar-refractivity contribution < 1.29 is 4.79 Å². The SMILES string of the molecule is Cc1ccc(-n2nnc(C(=O)NCc3ccccc3)c2CSc2nc(C)cc(C)n2)cc1. The van der Waals surface area contributed by atoms with Gasteiger partial charge in [-0.05, 0) is 44.5 Å². The van der Waals surface area contributed by atoms with E-state index in [2.05, 4.69) is 25.6 Å². The lowest BCUT2D eigenvalue weighted by molar-refractivity contribution is 0.0945. The van der Waals surface area contributed by atoms with Gasteiger partial charge in [0.2, 0.25) is 0 Å². The largest absolute Gasteiger partial charge is 0.347 e. The Labute approximate surface area is 191 Å². The molecule has 0 saturated heterocycles. The summed E-state index contributed by atoms with van der Waals surface area (Å²) in [6, 6.07) is 19.7. The average molecular weight is 445 g/mol. The predicted octanol–water partition coefficient (Wildman–Crippen LogP) is 4.20. The maximum absolute atomic E-state index is 13.0. The third-order valence-electron chi connectivity index (χ3n) is 4.85. The Bertz CT molecular complexity index is 1200. The van der Waals surface area contributed by atoms with Crippen LogP contribution in [0.5, 0.6) is 0 Å². The van der Waals surface area contributed by atoms with E-state index in [4.69, 9.17) is 0 Å². The Morgan fingerprint density at radius 2 is 1.66 bits per heavy atom. The molecule has 0 fully saturated rings. The summed E-state index contributed by atoms with van der Waals surface area (Å²) in [6.45, 7) is 6.34. The van der Waals surface area contributed by atoms with Crippen molar-refractivity contribution in [3.05, 3.63) is 94.6 Å². The number of hydrogen-bond donors (Lipinski definition) is 1. The molecule has 0 radical (unpaired) electrons. The van der Waals surface area contributed by atoms with Crippen molar-refractivity contribution in [2.45, 2.75) is 38.2 Å². The summed E-state index contributed by atoms with van der Waals surface area (Å²) in [5, 5.41) is 12.1. The standard InChI is InChI=1S/C24H24N6OS/c1-16-9-11-20(12-10-16)30-21(15-32-24-26-17(2)13-18(3)27-24)22(28-29-30)23(31)25-14-19-7-5-4-6-8-19/h4-13H,14-15H2,1-3H3,(H,25,31). The molecule has 0 aliphatic heterocycles. The molecule has 2 aromatic heterocycles. The number of carbonyl (C=O) groups excluding carboxylic acids is 1. The third-order valence-corrected chi connectivity index (χ3v) is 5.71. The number of nitrogens with zero attached hydrogens (tertiary/aromatic N) is 5. The quantitative estimate of drug-likeness (QED) is 0.340. The highest BCUT2D eigenvalue weighted by molar-refractivity contribution is 7.98. The fourth-order valence-corrected chi connectivity index (χ4v) is 4.20. The first-order valence-corrected chi connectivity index (χ1v) is 11.3. The zero-order valence-electron chi connectivity index (χ0n) is 18.2. The van der Waals surface area contributed by atoms with Gasteiger partial charge in [-0.15, -0.1) is 5.10 Å². The maximum Gasteiger partial charge on any atom is 0.274 e. The Kier molecular flexibility index (Phi) is 6.61. The predicted molar refractivity (Wildman–Crippen MR) is 125 cm³/mol. The number of aromatic nitrogens is 5. The first kappa shape index (κ1) is 21.7. The van der Waals surface area contributed by atoms with E-state index in [1.54, 1.807) is 4.68 Å². The molecule has 0 atom stereocenters. The zero-order chi connectivity index (χ0) is 22.5. The van der Waals surface area contributed by atoms with Gasteiger partial charge in [0, 0.05) is 23.7 Å². The monoisotopic (exact) mass is 444 g/mol. The van der Waals surface area contributed by atoms with Gasteiger partial charge in [-0.2, -0.15) is 0 Å². The molecule has 0 aliphatic carbocycles. The molecule has 8 heteroatoms. The van der Waals surface area contributed by atoms with Gasteiger partial charge >= 0.3 is 0 Å². The molecule has 4 rings (SSSR count). The second-order valence-electron chi connectivity index (χ2n) is 7.52. The molecule has 32 heavy (non-hydrogen) atoms. The number of rotatable bonds is 7. The van der Waals surface area contributed by atoms with Gasteiger partial charge in [-0.1, -0.05) is 65.0 Å². The highest BCUT2D eigenvalue weighted by Gasteiger charge is 2.21. The van der Waals surface area contributed by atoms with Crippen LogP contribution in [0.2, 0.25) is 0 Å². The van der Waals surface area contributed by atoms with Gasteiger partial charge in [-0.25, -0.2) is 14.6 Å². The van der Waals surface area contributed by atoms with Crippen molar-refractivity contribution in [1.29, 1.82) is 0 Å². The first-order chi connectivity index (χ1) is 15.5. The number of carbonyl (C=O) groups is 1. The molecule has 2 aromatic carbocycles. The van der Waals surface area contributed by atoms with Gasteiger partial charge in [0.25, 0.3) is 5.91 Å². The summed E-state index contributed by atoms with van der Waals surface area (Å²) in [7, 11) is 0. The molecule has 0 saturated carbocycles. The Balaban J connectivity index is 1.61. The number of thioether (sulfide) groups is 1.